The number of amides is 2. The number of hydrogen-bond donors (Lipinski definition) is 1. The minimum Gasteiger partial charge on any atom is -0.382 e. The second-order valence-electron chi connectivity index (χ2n) is 15.8. The topological polar surface area (TPSA) is 135 Å². The molecule has 1 fully saturated rings. The first-order valence-corrected chi connectivity index (χ1v) is 21.3. The molecule has 2 amide bonds. The standard InChI is InChI=1S/C43H59N4O8S/c1-8-9-24-45-36-20-18-32(56(51,52)44-23-12-10-11-16-41(50)55-47-39(48)21-22-40(47)49)30-34(36)43(5,6)37(45)14-13-15-38-42(3,4)33-29-31(2)17-19-35(33)46(38)25-26-54-28-27-53-7/h13-15,17-20,29-30,44H,8-12,16,21-28H2,1-7H3/q+1. The Morgan fingerprint density at radius 2 is 1.68 bits per heavy atom. The summed E-state index contributed by atoms with van der Waals surface area (Å²) < 4.78 is 43.1. The Hall–Kier alpha value is -4.17. The number of rotatable bonds is 20. The molecule has 3 heterocycles. The molecule has 12 nitrogen and oxygen atoms in total. The van der Waals surface area contributed by atoms with Crippen LogP contribution in [0, 0.1) is 6.92 Å². The molecule has 0 aromatic heterocycles. The second kappa shape index (κ2) is 18.4. The van der Waals surface area contributed by atoms with Crippen molar-refractivity contribution in [3.8, 4) is 0 Å². The Bertz CT molecular complexity index is 1980. The van der Waals surface area contributed by atoms with E-state index in [0.29, 0.717) is 50.7 Å². The SMILES string of the molecule is CCCC[N+]1=C(C=CC=C2N(CCOCCOC)c3ccc(C)cc3C2(C)C)C(C)(C)c2cc(S(=O)(=O)NCCCCCC(=O)ON3C(=O)CCC3=O)ccc21. The van der Waals surface area contributed by atoms with Gasteiger partial charge in [-0.3, -0.25) is 9.59 Å². The van der Waals surface area contributed by atoms with Crippen LogP contribution in [0.1, 0.15) is 103 Å². The maximum Gasteiger partial charge on any atom is 0.333 e. The Morgan fingerprint density at radius 3 is 2.39 bits per heavy atom. The lowest BCUT2D eigenvalue weighted by molar-refractivity contribution is -0.438. The normalized spacial score (nSPS) is 18.2. The Kier molecular flexibility index (Phi) is 14.1. The summed E-state index contributed by atoms with van der Waals surface area (Å²) in [6.45, 7) is 16.5. The smallest absolute Gasteiger partial charge is 0.333 e. The fourth-order valence-corrected chi connectivity index (χ4v) is 8.81. The highest BCUT2D eigenvalue weighted by atomic mass is 32.2. The highest BCUT2D eigenvalue weighted by Gasteiger charge is 2.45. The first kappa shape index (κ1) is 43.0. The molecule has 1 N–H and O–H groups in total. The number of hydroxylamine groups is 2. The predicted octanol–water partition coefficient (Wildman–Crippen LogP) is 6.52. The molecular formula is C43H59N4O8S+. The molecule has 5 rings (SSSR count). The number of allylic oxidation sites excluding steroid dienone is 4. The van der Waals surface area contributed by atoms with Gasteiger partial charge in [0.2, 0.25) is 15.7 Å². The van der Waals surface area contributed by atoms with Crippen LogP contribution in [0.3, 0.4) is 0 Å². The van der Waals surface area contributed by atoms with Crippen molar-refractivity contribution < 1.29 is 41.7 Å². The van der Waals surface area contributed by atoms with Gasteiger partial charge in [0.05, 0.1) is 30.1 Å². The van der Waals surface area contributed by atoms with Gasteiger partial charge in [-0.2, -0.15) is 4.58 Å². The Labute approximate surface area is 332 Å². The van der Waals surface area contributed by atoms with Gasteiger partial charge in [0, 0.05) is 80.4 Å². The van der Waals surface area contributed by atoms with E-state index in [2.05, 4.69) is 92.2 Å². The summed E-state index contributed by atoms with van der Waals surface area (Å²) in [5.41, 5.74) is 7.27. The summed E-state index contributed by atoms with van der Waals surface area (Å²) in [5, 5.41) is 0.542. The number of fused-ring (bicyclic) bond motifs is 2. The number of nitrogens with one attached hydrogen (secondary N) is 1. The van der Waals surface area contributed by atoms with E-state index in [1.807, 2.05) is 6.07 Å². The van der Waals surface area contributed by atoms with Crippen molar-refractivity contribution in [1.29, 1.82) is 0 Å². The van der Waals surface area contributed by atoms with Crippen LogP contribution in [-0.2, 0) is 49.5 Å². The van der Waals surface area contributed by atoms with Gasteiger partial charge in [-0.25, -0.2) is 17.9 Å². The van der Waals surface area contributed by atoms with Gasteiger partial charge >= 0.3 is 5.97 Å². The number of anilines is 1. The second-order valence-corrected chi connectivity index (χ2v) is 17.5. The van der Waals surface area contributed by atoms with Crippen molar-refractivity contribution in [3.05, 3.63) is 77.0 Å². The molecule has 304 valence electrons. The van der Waals surface area contributed by atoms with E-state index in [0.717, 1.165) is 36.3 Å². The first-order chi connectivity index (χ1) is 26.6. The molecule has 0 bridgehead atoms. The third-order valence-electron chi connectivity index (χ3n) is 10.9. The van der Waals surface area contributed by atoms with Gasteiger partial charge in [-0.15, -0.1) is 5.06 Å². The molecule has 0 saturated carbocycles. The van der Waals surface area contributed by atoms with Crippen LogP contribution in [0.4, 0.5) is 11.4 Å². The maximum absolute atomic E-state index is 13.5. The number of aryl methyl sites for hydroxylation is 1. The fraction of sp³-hybridized carbons (Fsp3) is 0.535. The van der Waals surface area contributed by atoms with Crippen LogP contribution in [0.5, 0.6) is 0 Å². The molecule has 2 aromatic carbocycles. The third kappa shape index (κ3) is 9.50. The number of sulfonamides is 1. The van der Waals surface area contributed by atoms with Gasteiger partial charge in [0.15, 0.2) is 5.71 Å². The lowest BCUT2D eigenvalue weighted by atomic mass is 9.81. The van der Waals surface area contributed by atoms with Crippen LogP contribution in [-0.4, -0.2) is 88.1 Å². The van der Waals surface area contributed by atoms with Crippen molar-refractivity contribution in [2.24, 2.45) is 0 Å². The van der Waals surface area contributed by atoms with Crippen molar-refractivity contribution in [2.75, 3.05) is 51.5 Å². The average molecular weight is 792 g/mol. The summed E-state index contributed by atoms with van der Waals surface area (Å²) in [6.07, 6.45) is 10.2. The summed E-state index contributed by atoms with van der Waals surface area (Å²) in [6, 6.07) is 12.0. The monoisotopic (exact) mass is 791 g/mol. The first-order valence-electron chi connectivity index (χ1n) is 19.8. The van der Waals surface area contributed by atoms with Crippen LogP contribution in [0.25, 0.3) is 0 Å². The zero-order chi connectivity index (χ0) is 40.7. The molecule has 3 aliphatic heterocycles. The van der Waals surface area contributed by atoms with Crippen molar-refractivity contribution in [2.45, 2.75) is 109 Å². The lowest BCUT2D eigenvalue weighted by Crippen LogP contribution is -2.32. The number of methoxy groups -OCH3 is 1. The van der Waals surface area contributed by atoms with Gasteiger partial charge in [0.25, 0.3) is 11.8 Å². The van der Waals surface area contributed by atoms with Crippen LogP contribution >= 0.6 is 0 Å². The number of carbonyl (C=O) groups excluding carboxylic acids is 3. The fourth-order valence-electron chi connectivity index (χ4n) is 7.71. The molecule has 0 spiro atoms. The lowest BCUT2D eigenvalue weighted by Gasteiger charge is -2.27. The number of hydrogen-bond acceptors (Lipinski definition) is 9. The number of carbonyl (C=O) groups is 3. The summed E-state index contributed by atoms with van der Waals surface area (Å²) >= 11 is 0. The molecule has 0 atom stereocenters. The van der Waals surface area contributed by atoms with Crippen molar-refractivity contribution in [3.63, 3.8) is 0 Å². The van der Waals surface area contributed by atoms with Gasteiger partial charge in [-0.1, -0.05) is 57.4 Å². The molecule has 0 unspecified atom stereocenters. The van der Waals surface area contributed by atoms with E-state index in [1.54, 1.807) is 19.2 Å². The van der Waals surface area contributed by atoms with E-state index < -0.39 is 33.2 Å². The number of imide groups is 1. The quantitative estimate of drug-likeness (QED) is 0.0904. The molecule has 56 heavy (non-hydrogen) atoms. The predicted molar refractivity (Wildman–Crippen MR) is 216 cm³/mol. The van der Waals surface area contributed by atoms with E-state index in [4.69, 9.17) is 14.3 Å². The molecule has 1 saturated heterocycles. The molecule has 3 aliphatic rings. The molecule has 0 aliphatic carbocycles. The largest absolute Gasteiger partial charge is 0.382 e. The highest BCUT2D eigenvalue weighted by Crippen LogP contribution is 2.48. The number of benzene rings is 2. The zero-order valence-corrected chi connectivity index (χ0v) is 34.9. The number of unbranched alkanes of at least 4 members (excludes halogenated alkanes) is 3. The van der Waals surface area contributed by atoms with E-state index in [1.165, 1.54) is 22.5 Å². The van der Waals surface area contributed by atoms with Crippen LogP contribution in [0.15, 0.2) is 65.2 Å². The van der Waals surface area contributed by atoms with Crippen molar-refractivity contribution in [1.82, 2.24) is 9.79 Å². The molecular weight excluding hydrogens is 733 g/mol. The molecule has 13 heteroatoms. The Balaban J connectivity index is 1.28. The summed E-state index contributed by atoms with van der Waals surface area (Å²) in [7, 11) is -2.13. The number of nitrogens with zero attached hydrogens (tertiary/aromatic N) is 3. The summed E-state index contributed by atoms with van der Waals surface area (Å²) in [4.78, 5) is 42.9. The van der Waals surface area contributed by atoms with E-state index in [9.17, 15) is 22.8 Å². The minimum absolute atomic E-state index is 0.0241. The molecule has 2 aromatic rings. The summed E-state index contributed by atoms with van der Waals surface area (Å²) in [5.74, 6) is -1.69. The van der Waals surface area contributed by atoms with E-state index in [-0.39, 0.29) is 36.1 Å². The Morgan fingerprint density at radius 1 is 0.929 bits per heavy atom. The van der Waals surface area contributed by atoms with Gasteiger partial charge in [0.1, 0.15) is 6.54 Å². The maximum atomic E-state index is 13.5. The third-order valence-corrected chi connectivity index (χ3v) is 12.4. The van der Waals surface area contributed by atoms with Gasteiger partial charge in [-0.05, 0) is 63.5 Å². The minimum atomic E-state index is -3.81. The van der Waals surface area contributed by atoms with Gasteiger partial charge < -0.3 is 19.2 Å². The molecule has 0 radical (unpaired) electrons. The van der Waals surface area contributed by atoms with Crippen LogP contribution in [0.2, 0.25) is 0 Å². The highest BCUT2D eigenvalue weighted by molar-refractivity contribution is 7.89. The average Bonchev–Trinajstić information content (AvgIpc) is 3.66. The zero-order valence-electron chi connectivity index (χ0n) is 34.1. The van der Waals surface area contributed by atoms with E-state index >= 15 is 0 Å². The number of ether oxygens (including phenoxy) is 2. The van der Waals surface area contributed by atoms with Crippen LogP contribution < -0.4 is 9.62 Å². The van der Waals surface area contributed by atoms with Crippen molar-refractivity contribution >= 4 is 44.9 Å².